The van der Waals surface area contributed by atoms with E-state index in [1.807, 2.05) is 17.8 Å². The van der Waals surface area contributed by atoms with Crippen molar-refractivity contribution in [3.8, 4) is 5.75 Å². The highest BCUT2D eigenvalue weighted by molar-refractivity contribution is 8.00. The van der Waals surface area contributed by atoms with E-state index in [9.17, 15) is 0 Å². The minimum absolute atomic E-state index is 0.592. The topological polar surface area (TPSA) is 21.3 Å². The summed E-state index contributed by atoms with van der Waals surface area (Å²) >= 11 is 1.92. The van der Waals surface area contributed by atoms with Gasteiger partial charge in [-0.3, -0.25) is 0 Å². The Hall–Kier alpha value is -0.670. The largest absolute Gasteiger partial charge is 0.497 e. The van der Waals surface area contributed by atoms with E-state index in [2.05, 4.69) is 30.4 Å². The van der Waals surface area contributed by atoms with Crippen LogP contribution in [0, 0.1) is 0 Å². The van der Waals surface area contributed by atoms with Crippen LogP contribution in [0.15, 0.2) is 29.2 Å². The van der Waals surface area contributed by atoms with Crippen molar-refractivity contribution in [1.82, 2.24) is 5.32 Å². The van der Waals surface area contributed by atoms with Gasteiger partial charge in [-0.25, -0.2) is 0 Å². The number of hydrogen-bond donors (Lipinski definition) is 1. The highest BCUT2D eigenvalue weighted by Gasteiger charge is 2.14. The second-order valence-electron chi connectivity index (χ2n) is 5.35. The monoisotopic (exact) mass is 279 g/mol. The van der Waals surface area contributed by atoms with Gasteiger partial charge in [0.05, 0.1) is 7.11 Å². The first-order valence-electron chi connectivity index (χ1n) is 7.32. The Morgan fingerprint density at radius 1 is 1.32 bits per heavy atom. The van der Waals surface area contributed by atoms with Gasteiger partial charge in [0.2, 0.25) is 0 Å². The van der Waals surface area contributed by atoms with Crippen LogP contribution in [0.3, 0.4) is 0 Å². The lowest BCUT2D eigenvalue weighted by atomic mass is 9.95. The molecule has 1 atom stereocenters. The third-order valence-electron chi connectivity index (χ3n) is 3.68. The molecule has 1 saturated carbocycles. The first-order chi connectivity index (χ1) is 9.28. The van der Waals surface area contributed by atoms with Gasteiger partial charge in [0.25, 0.3) is 0 Å². The molecule has 0 heterocycles. The molecule has 1 aliphatic rings. The number of hydrogen-bond acceptors (Lipinski definition) is 3. The molecule has 1 aliphatic carbocycles. The van der Waals surface area contributed by atoms with Crippen molar-refractivity contribution < 1.29 is 4.74 Å². The van der Waals surface area contributed by atoms with E-state index in [-0.39, 0.29) is 0 Å². The Labute approximate surface area is 121 Å². The third-order valence-corrected chi connectivity index (χ3v) is 4.77. The zero-order valence-corrected chi connectivity index (χ0v) is 12.8. The molecule has 0 aliphatic heterocycles. The van der Waals surface area contributed by atoms with Crippen LogP contribution < -0.4 is 10.1 Å². The van der Waals surface area contributed by atoms with Gasteiger partial charge in [-0.15, -0.1) is 11.8 Å². The molecule has 1 fully saturated rings. The van der Waals surface area contributed by atoms with E-state index in [0.29, 0.717) is 5.25 Å². The van der Waals surface area contributed by atoms with Crippen molar-refractivity contribution in [1.29, 1.82) is 0 Å². The normalized spacial score (nSPS) is 18.2. The van der Waals surface area contributed by atoms with E-state index < -0.39 is 0 Å². The standard InChI is InChI=1S/C16H25NOS/c1-13(12-17-14-7-4-3-5-8-14)19-16-10-6-9-15(11-16)18-2/h6,9-11,13-14,17H,3-5,7-8,12H2,1-2H3. The van der Waals surface area contributed by atoms with Crippen molar-refractivity contribution in [2.45, 2.75) is 55.2 Å². The Kier molecular flexibility index (Phi) is 6.05. The van der Waals surface area contributed by atoms with Gasteiger partial charge in [0.15, 0.2) is 0 Å². The maximum atomic E-state index is 5.26. The molecule has 2 rings (SSSR count). The lowest BCUT2D eigenvalue weighted by molar-refractivity contribution is 0.375. The SMILES string of the molecule is COc1cccc(SC(C)CNC2CCCCC2)c1. The summed E-state index contributed by atoms with van der Waals surface area (Å²) < 4.78 is 5.26. The quantitative estimate of drug-likeness (QED) is 0.792. The van der Waals surface area contributed by atoms with Crippen molar-refractivity contribution in [3.63, 3.8) is 0 Å². The number of nitrogens with one attached hydrogen (secondary N) is 1. The molecular formula is C16H25NOS. The molecule has 19 heavy (non-hydrogen) atoms. The molecule has 0 aromatic heterocycles. The van der Waals surface area contributed by atoms with Crippen molar-refractivity contribution in [2.75, 3.05) is 13.7 Å². The molecule has 0 spiro atoms. The summed E-state index contributed by atoms with van der Waals surface area (Å²) in [6.07, 6.45) is 6.93. The number of rotatable bonds is 6. The van der Waals surface area contributed by atoms with Crippen molar-refractivity contribution in [3.05, 3.63) is 24.3 Å². The fourth-order valence-corrected chi connectivity index (χ4v) is 3.57. The predicted molar refractivity (Wildman–Crippen MR) is 83.2 cm³/mol. The van der Waals surface area contributed by atoms with E-state index in [1.165, 1.54) is 37.0 Å². The zero-order chi connectivity index (χ0) is 13.5. The van der Waals surface area contributed by atoms with E-state index in [4.69, 9.17) is 4.74 Å². The van der Waals surface area contributed by atoms with Gasteiger partial charge in [-0.1, -0.05) is 32.3 Å². The fraction of sp³-hybridized carbons (Fsp3) is 0.625. The van der Waals surface area contributed by atoms with Crippen LogP contribution in [0.4, 0.5) is 0 Å². The second kappa shape index (κ2) is 7.81. The second-order valence-corrected chi connectivity index (χ2v) is 6.86. The number of thioether (sulfide) groups is 1. The summed E-state index contributed by atoms with van der Waals surface area (Å²) in [6.45, 7) is 3.38. The highest BCUT2D eigenvalue weighted by atomic mass is 32.2. The first kappa shape index (κ1) is 14.7. The van der Waals surface area contributed by atoms with Gasteiger partial charge < -0.3 is 10.1 Å². The molecule has 1 aromatic carbocycles. The molecule has 3 heteroatoms. The smallest absolute Gasteiger partial charge is 0.119 e. The molecule has 0 bridgehead atoms. The molecule has 1 unspecified atom stereocenters. The Morgan fingerprint density at radius 2 is 2.11 bits per heavy atom. The van der Waals surface area contributed by atoms with Crippen molar-refractivity contribution in [2.24, 2.45) is 0 Å². The maximum absolute atomic E-state index is 5.26. The minimum atomic E-state index is 0.592. The molecule has 0 amide bonds. The van der Waals surface area contributed by atoms with Crippen LogP contribution in [-0.2, 0) is 0 Å². The number of ether oxygens (including phenoxy) is 1. The van der Waals surface area contributed by atoms with Crippen LogP contribution in [0.2, 0.25) is 0 Å². The van der Waals surface area contributed by atoms with Gasteiger partial charge in [-0.2, -0.15) is 0 Å². The molecule has 106 valence electrons. The molecule has 0 radical (unpaired) electrons. The van der Waals surface area contributed by atoms with E-state index in [1.54, 1.807) is 7.11 Å². The first-order valence-corrected chi connectivity index (χ1v) is 8.20. The Morgan fingerprint density at radius 3 is 2.84 bits per heavy atom. The van der Waals surface area contributed by atoms with Gasteiger partial charge in [0, 0.05) is 22.7 Å². The van der Waals surface area contributed by atoms with Crippen LogP contribution in [-0.4, -0.2) is 24.9 Å². The summed E-state index contributed by atoms with van der Waals surface area (Å²) in [6, 6.07) is 9.07. The molecular weight excluding hydrogens is 254 g/mol. The lowest BCUT2D eigenvalue weighted by Gasteiger charge is -2.24. The number of methoxy groups -OCH3 is 1. The van der Waals surface area contributed by atoms with E-state index in [0.717, 1.165) is 18.3 Å². The van der Waals surface area contributed by atoms with Crippen molar-refractivity contribution >= 4 is 11.8 Å². The van der Waals surface area contributed by atoms with Gasteiger partial charge in [0.1, 0.15) is 5.75 Å². The summed E-state index contributed by atoms with van der Waals surface area (Å²) in [5.41, 5.74) is 0. The number of benzene rings is 1. The highest BCUT2D eigenvalue weighted by Crippen LogP contribution is 2.26. The zero-order valence-electron chi connectivity index (χ0n) is 12.0. The predicted octanol–water partition coefficient (Wildman–Crippen LogP) is 4.10. The molecule has 1 aromatic rings. The van der Waals surface area contributed by atoms with Gasteiger partial charge in [-0.05, 0) is 31.0 Å². The summed E-state index contributed by atoms with van der Waals surface area (Å²) in [7, 11) is 1.72. The van der Waals surface area contributed by atoms with E-state index >= 15 is 0 Å². The maximum Gasteiger partial charge on any atom is 0.119 e. The minimum Gasteiger partial charge on any atom is -0.497 e. The Bertz CT molecular complexity index is 377. The average molecular weight is 279 g/mol. The van der Waals surface area contributed by atoms with Crippen LogP contribution in [0.25, 0.3) is 0 Å². The third kappa shape index (κ3) is 5.07. The summed E-state index contributed by atoms with van der Waals surface area (Å²) in [4.78, 5) is 1.29. The molecule has 1 N–H and O–H groups in total. The fourth-order valence-electron chi connectivity index (χ4n) is 2.59. The molecule has 0 saturated heterocycles. The molecule has 2 nitrogen and oxygen atoms in total. The summed E-state index contributed by atoms with van der Waals surface area (Å²) in [5.74, 6) is 0.942. The van der Waals surface area contributed by atoms with Gasteiger partial charge >= 0.3 is 0 Å². The lowest BCUT2D eigenvalue weighted by Crippen LogP contribution is -2.35. The average Bonchev–Trinajstić information content (AvgIpc) is 2.46. The van der Waals surface area contributed by atoms with Crippen LogP contribution >= 0.6 is 11.8 Å². The van der Waals surface area contributed by atoms with Crippen LogP contribution in [0.5, 0.6) is 5.75 Å². The van der Waals surface area contributed by atoms with Crippen LogP contribution in [0.1, 0.15) is 39.0 Å². The summed E-state index contributed by atoms with van der Waals surface area (Å²) in [5, 5.41) is 4.31. The Balaban J connectivity index is 1.75.